The Labute approximate surface area is 262 Å². The topological polar surface area (TPSA) is 55.4 Å². The van der Waals surface area contributed by atoms with Crippen LogP contribution in [0.2, 0.25) is 0 Å². The Kier molecular flexibility index (Phi) is 14.4. The van der Waals surface area contributed by atoms with Crippen LogP contribution in [0.5, 0.6) is 11.5 Å². The van der Waals surface area contributed by atoms with Crippen molar-refractivity contribution in [3.05, 3.63) is 93.0 Å². The van der Waals surface area contributed by atoms with Gasteiger partial charge in [0.05, 0.1) is 26.4 Å². The van der Waals surface area contributed by atoms with Crippen LogP contribution in [0.15, 0.2) is 48.5 Å². The molecule has 226 valence electrons. The molecule has 0 aliphatic carbocycles. The van der Waals surface area contributed by atoms with Gasteiger partial charge in [-0.25, -0.2) is 0 Å². The number of rotatable bonds is 18. The zero-order valence-electron chi connectivity index (χ0n) is 25.4. The number of hydrogen-bond donors (Lipinski definition) is 0. The molecular formula is C38H38O6. The lowest BCUT2D eigenvalue weighted by Gasteiger charge is -2.18. The molecule has 6 nitrogen and oxygen atoms in total. The molecule has 0 aliphatic rings. The van der Waals surface area contributed by atoms with E-state index in [4.69, 9.17) is 54.1 Å². The number of aryl methyl sites for hydroxylation is 2. The van der Waals surface area contributed by atoms with E-state index in [0.29, 0.717) is 51.1 Å². The minimum atomic E-state index is 0.210. The molecule has 0 aliphatic heterocycles. The highest BCUT2D eigenvalue weighted by molar-refractivity contribution is 5.45. The van der Waals surface area contributed by atoms with Crippen LogP contribution in [0.4, 0.5) is 0 Å². The van der Waals surface area contributed by atoms with Gasteiger partial charge >= 0.3 is 0 Å². The molecule has 0 saturated heterocycles. The second kappa shape index (κ2) is 18.8. The van der Waals surface area contributed by atoms with Crippen LogP contribution < -0.4 is 9.47 Å². The Balaban J connectivity index is 1.73. The number of benzene rings is 3. The Morgan fingerprint density at radius 2 is 0.727 bits per heavy atom. The van der Waals surface area contributed by atoms with Crippen molar-refractivity contribution in [3.8, 4) is 60.9 Å². The Morgan fingerprint density at radius 3 is 0.977 bits per heavy atom. The van der Waals surface area contributed by atoms with E-state index in [9.17, 15) is 0 Å². The summed E-state index contributed by atoms with van der Waals surface area (Å²) in [7, 11) is 0. The summed E-state index contributed by atoms with van der Waals surface area (Å²) in [6.45, 7) is 6.85. The van der Waals surface area contributed by atoms with Crippen LogP contribution in [0.3, 0.4) is 0 Å². The van der Waals surface area contributed by atoms with Gasteiger partial charge in [0.15, 0.2) is 0 Å². The molecule has 3 aromatic carbocycles. The zero-order chi connectivity index (χ0) is 31.6. The predicted octanol–water partition coefficient (Wildman–Crippen LogP) is 6.06. The monoisotopic (exact) mass is 590 g/mol. The summed E-state index contributed by atoms with van der Waals surface area (Å²) in [6.07, 6.45) is 21.5. The van der Waals surface area contributed by atoms with E-state index in [2.05, 4.69) is 23.7 Å². The molecule has 0 heterocycles. The van der Waals surface area contributed by atoms with Gasteiger partial charge in [-0.1, -0.05) is 83.3 Å². The maximum Gasteiger partial charge on any atom is 0.130 e. The van der Waals surface area contributed by atoms with Crippen molar-refractivity contribution in [1.29, 1.82) is 0 Å². The average molecular weight is 591 g/mol. The highest BCUT2D eigenvalue weighted by atomic mass is 16.5. The van der Waals surface area contributed by atoms with E-state index in [1.807, 2.05) is 62.4 Å². The SMILES string of the molecule is C#CCOCc1cc(C)cc(COCC#C)c1OCc1ccc(COc2c(COCC#C)cc(C)cc2COCC#C)cc1. The van der Waals surface area contributed by atoms with Crippen molar-refractivity contribution in [1.82, 2.24) is 0 Å². The van der Waals surface area contributed by atoms with Gasteiger partial charge in [0.25, 0.3) is 0 Å². The van der Waals surface area contributed by atoms with Gasteiger partial charge < -0.3 is 28.4 Å². The van der Waals surface area contributed by atoms with Crippen LogP contribution in [0.25, 0.3) is 0 Å². The van der Waals surface area contributed by atoms with Gasteiger partial charge in [-0.05, 0) is 25.0 Å². The standard InChI is InChI=1S/C38H38O6/c1-7-15-39-25-33-19-29(5)20-34(26-40-16-8-2)37(33)43-23-31-11-13-32(14-12-31)24-44-38-35(27-41-17-9-3)21-30(6)22-36(38)28-42-18-10-4/h1-4,11-14,19-22H,15-18,23-28H2,5-6H3. The summed E-state index contributed by atoms with van der Waals surface area (Å²) in [5.74, 6) is 11.4. The fourth-order valence-corrected chi connectivity index (χ4v) is 4.58. The molecular weight excluding hydrogens is 552 g/mol. The molecule has 0 atom stereocenters. The van der Waals surface area contributed by atoms with Gasteiger partial charge in [0.2, 0.25) is 0 Å². The highest BCUT2D eigenvalue weighted by Crippen LogP contribution is 2.30. The molecule has 6 heteroatoms. The third kappa shape index (κ3) is 10.9. The summed E-state index contributed by atoms with van der Waals surface area (Å²) in [6, 6.07) is 16.2. The van der Waals surface area contributed by atoms with E-state index >= 15 is 0 Å². The normalized spacial score (nSPS) is 10.3. The molecule has 0 radical (unpaired) electrons. The molecule has 0 amide bonds. The second-order valence-electron chi connectivity index (χ2n) is 10.0. The smallest absolute Gasteiger partial charge is 0.130 e. The molecule has 0 bridgehead atoms. The molecule has 0 fully saturated rings. The summed E-state index contributed by atoms with van der Waals surface area (Å²) in [5.41, 5.74) is 7.68. The van der Waals surface area contributed by atoms with Crippen molar-refractivity contribution in [2.24, 2.45) is 0 Å². The summed E-state index contributed by atoms with van der Waals surface area (Å²) < 4.78 is 35.1. The van der Waals surface area contributed by atoms with Gasteiger partial charge in [-0.2, -0.15) is 0 Å². The first kappa shape index (κ1) is 33.8. The molecule has 0 spiro atoms. The first-order chi connectivity index (χ1) is 21.5. The van der Waals surface area contributed by atoms with E-state index in [1.165, 1.54) is 0 Å². The molecule has 0 saturated carbocycles. The van der Waals surface area contributed by atoms with Gasteiger partial charge in [-0.15, -0.1) is 25.7 Å². The van der Waals surface area contributed by atoms with Crippen LogP contribution >= 0.6 is 0 Å². The minimum Gasteiger partial charge on any atom is -0.488 e. The van der Waals surface area contributed by atoms with Gasteiger partial charge in [0.1, 0.15) is 51.1 Å². The molecule has 0 N–H and O–H groups in total. The van der Waals surface area contributed by atoms with Crippen LogP contribution in [-0.4, -0.2) is 26.4 Å². The van der Waals surface area contributed by atoms with Gasteiger partial charge in [0, 0.05) is 22.3 Å². The van der Waals surface area contributed by atoms with Crippen molar-refractivity contribution in [3.63, 3.8) is 0 Å². The maximum atomic E-state index is 6.33. The molecule has 3 rings (SSSR count). The van der Waals surface area contributed by atoms with Crippen LogP contribution in [0, 0.1) is 63.2 Å². The van der Waals surface area contributed by atoms with Crippen molar-refractivity contribution in [2.75, 3.05) is 26.4 Å². The van der Waals surface area contributed by atoms with E-state index in [1.54, 1.807) is 0 Å². The third-order valence-corrected chi connectivity index (χ3v) is 6.34. The van der Waals surface area contributed by atoms with Crippen molar-refractivity contribution >= 4 is 0 Å². The lowest BCUT2D eigenvalue weighted by atomic mass is 10.0. The van der Waals surface area contributed by atoms with Crippen LogP contribution in [-0.2, 0) is 58.6 Å². The second-order valence-corrected chi connectivity index (χ2v) is 10.0. The van der Waals surface area contributed by atoms with E-state index < -0.39 is 0 Å². The summed E-state index contributed by atoms with van der Waals surface area (Å²) in [5, 5.41) is 0. The van der Waals surface area contributed by atoms with E-state index in [0.717, 1.165) is 44.5 Å². The maximum absolute atomic E-state index is 6.33. The fourth-order valence-electron chi connectivity index (χ4n) is 4.58. The minimum absolute atomic E-state index is 0.210. The Bertz CT molecular complexity index is 1330. The Hall–Kier alpha value is -4.66. The first-order valence-corrected chi connectivity index (χ1v) is 14.1. The molecule has 0 unspecified atom stereocenters. The summed E-state index contributed by atoms with van der Waals surface area (Å²) in [4.78, 5) is 0. The fraction of sp³-hybridized carbons (Fsp3) is 0.316. The number of terminal acetylenes is 4. The number of ether oxygens (including phenoxy) is 6. The number of hydrogen-bond acceptors (Lipinski definition) is 6. The largest absolute Gasteiger partial charge is 0.488 e. The first-order valence-electron chi connectivity index (χ1n) is 14.1. The average Bonchev–Trinajstić information content (AvgIpc) is 3.01. The molecule has 44 heavy (non-hydrogen) atoms. The van der Waals surface area contributed by atoms with E-state index in [-0.39, 0.29) is 26.4 Å². The quantitative estimate of drug-likeness (QED) is 0.133. The summed E-state index contributed by atoms with van der Waals surface area (Å²) >= 11 is 0. The molecule has 0 aromatic heterocycles. The van der Waals surface area contributed by atoms with Crippen LogP contribution in [0.1, 0.15) is 44.5 Å². The lowest BCUT2D eigenvalue weighted by molar-refractivity contribution is 0.141. The third-order valence-electron chi connectivity index (χ3n) is 6.34. The zero-order valence-corrected chi connectivity index (χ0v) is 25.4. The van der Waals surface area contributed by atoms with Gasteiger partial charge in [-0.3, -0.25) is 0 Å². The molecule has 3 aromatic rings. The Morgan fingerprint density at radius 1 is 0.455 bits per heavy atom. The lowest BCUT2D eigenvalue weighted by Crippen LogP contribution is -2.07. The predicted molar refractivity (Wildman–Crippen MR) is 171 cm³/mol. The highest BCUT2D eigenvalue weighted by Gasteiger charge is 2.15. The van der Waals surface area contributed by atoms with Crippen molar-refractivity contribution < 1.29 is 28.4 Å². The van der Waals surface area contributed by atoms with Crippen molar-refractivity contribution in [2.45, 2.75) is 53.5 Å².